The fraction of sp³-hybridized carbons (Fsp3) is 0.235. The van der Waals surface area contributed by atoms with Crippen LogP contribution in [0.3, 0.4) is 0 Å². The summed E-state index contributed by atoms with van der Waals surface area (Å²) in [5, 5.41) is 2.59. The first-order valence-corrected chi connectivity index (χ1v) is 8.38. The van der Waals surface area contributed by atoms with Crippen LogP contribution in [0.4, 0.5) is 18.9 Å². The number of methoxy groups -OCH3 is 1. The molecular formula is C17H16F3NO3S. The van der Waals surface area contributed by atoms with Gasteiger partial charge in [0.25, 0.3) is 0 Å². The van der Waals surface area contributed by atoms with Gasteiger partial charge in [0.2, 0.25) is 5.91 Å². The van der Waals surface area contributed by atoms with Crippen LogP contribution in [0.1, 0.15) is 5.56 Å². The van der Waals surface area contributed by atoms with E-state index >= 15 is 0 Å². The van der Waals surface area contributed by atoms with Gasteiger partial charge in [0.05, 0.1) is 12.9 Å². The maximum Gasteiger partial charge on any atom is 0.387 e. The van der Waals surface area contributed by atoms with Crippen molar-refractivity contribution in [2.24, 2.45) is 0 Å². The number of carbonyl (C=O) groups excluding carboxylic acids is 1. The van der Waals surface area contributed by atoms with Crippen molar-refractivity contribution in [3.8, 4) is 11.5 Å². The Balaban J connectivity index is 1.85. The average molecular weight is 371 g/mol. The molecular weight excluding hydrogens is 355 g/mol. The minimum absolute atomic E-state index is 0.0462. The number of hydrogen-bond donors (Lipinski definition) is 1. The number of benzene rings is 2. The quantitative estimate of drug-likeness (QED) is 0.751. The summed E-state index contributed by atoms with van der Waals surface area (Å²) in [6, 6.07) is 10.2. The highest BCUT2D eigenvalue weighted by molar-refractivity contribution is 7.99. The molecule has 2 aromatic rings. The molecule has 0 bridgehead atoms. The smallest absolute Gasteiger partial charge is 0.387 e. The zero-order chi connectivity index (χ0) is 18.2. The lowest BCUT2D eigenvalue weighted by Crippen LogP contribution is -2.14. The lowest BCUT2D eigenvalue weighted by atomic mass is 10.2. The lowest BCUT2D eigenvalue weighted by molar-refractivity contribution is -0.113. The van der Waals surface area contributed by atoms with Crippen molar-refractivity contribution in [3.63, 3.8) is 0 Å². The normalized spacial score (nSPS) is 10.6. The molecule has 1 amide bonds. The van der Waals surface area contributed by atoms with Crippen LogP contribution in [0.5, 0.6) is 11.5 Å². The summed E-state index contributed by atoms with van der Waals surface area (Å²) >= 11 is 1.33. The van der Waals surface area contributed by atoms with Crippen LogP contribution >= 0.6 is 11.8 Å². The average Bonchev–Trinajstić information content (AvgIpc) is 2.55. The summed E-state index contributed by atoms with van der Waals surface area (Å²) in [5.74, 6) is 0.0947. The third kappa shape index (κ3) is 6.22. The largest absolute Gasteiger partial charge is 0.493 e. The molecule has 0 heterocycles. The van der Waals surface area contributed by atoms with Gasteiger partial charge in [-0.25, -0.2) is 4.39 Å². The zero-order valence-corrected chi connectivity index (χ0v) is 14.1. The molecule has 1 N–H and O–H groups in total. The van der Waals surface area contributed by atoms with E-state index in [1.54, 1.807) is 18.2 Å². The molecule has 0 aliphatic carbocycles. The molecule has 0 saturated heterocycles. The summed E-state index contributed by atoms with van der Waals surface area (Å²) in [6.45, 7) is -2.93. The molecule has 25 heavy (non-hydrogen) atoms. The topological polar surface area (TPSA) is 47.6 Å². The maximum atomic E-state index is 13.0. The minimum Gasteiger partial charge on any atom is -0.493 e. The second-order valence-electron chi connectivity index (χ2n) is 4.92. The third-order valence-electron chi connectivity index (χ3n) is 3.05. The van der Waals surface area contributed by atoms with Crippen molar-refractivity contribution in [1.82, 2.24) is 0 Å². The van der Waals surface area contributed by atoms with Crippen molar-refractivity contribution >= 4 is 23.4 Å². The maximum absolute atomic E-state index is 13.0. The molecule has 2 aromatic carbocycles. The van der Waals surface area contributed by atoms with Gasteiger partial charge >= 0.3 is 6.61 Å². The summed E-state index contributed by atoms with van der Waals surface area (Å²) in [4.78, 5) is 11.8. The molecule has 0 spiro atoms. The van der Waals surface area contributed by atoms with Gasteiger partial charge in [-0.2, -0.15) is 8.78 Å². The number of anilines is 1. The van der Waals surface area contributed by atoms with E-state index in [1.807, 2.05) is 0 Å². The second-order valence-corrected chi connectivity index (χ2v) is 5.90. The van der Waals surface area contributed by atoms with E-state index in [2.05, 4.69) is 10.1 Å². The van der Waals surface area contributed by atoms with Gasteiger partial charge in [-0.1, -0.05) is 12.1 Å². The predicted octanol–water partition coefficient (Wildman–Crippen LogP) is 4.31. The first kappa shape index (κ1) is 19.0. The number of carbonyl (C=O) groups is 1. The Labute approximate surface area is 147 Å². The number of ether oxygens (including phenoxy) is 2. The number of amides is 1. The van der Waals surface area contributed by atoms with Crippen molar-refractivity contribution in [1.29, 1.82) is 0 Å². The van der Waals surface area contributed by atoms with E-state index in [1.165, 1.54) is 43.1 Å². The van der Waals surface area contributed by atoms with Gasteiger partial charge in [-0.3, -0.25) is 4.79 Å². The molecule has 0 unspecified atom stereocenters. The van der Waals surface area contributed by atoms with Gasteiger partial charge in [0.15, 0.2) is 11.5 Å². The molecule has 0 aliphatic heterocycles. The van der Waals surface area contributed by atoms with E-state index in [-0.39, 0.29) is 23.2 Å². The zero-order valence-electron chi connectivity index (χ0n) is 13.3. The summed E-state index contributed by atoms with van der Waals surface area (Å²) in [5.41, 5.74) is 1.18. The first-order valence-electron chi connectivity index (χ1n) is 7.23. The van der Waals surface area contributed by atoms with Crippen LogP contribution in [0, 0.1) is 5.82 Å². The Morgan fingerprint density at radius 1 is 1.20 bits per heavy atom. The number of alkyl halides is 2. The molecule has 0 saturated carbocycles. The monoisotopic (exact) mass is 371 g/mol. The van der Waals surface area contributed by atoms with E-state index in [4.69, 9.17) is 4.74 Å². The fourth-order valence-electron chi connectivity index (χ4n) is 2.02. The number of thioether (sulfide) groups is 1. The number of rotatable bonds is 8. The van der Waals surface area contributed by atoms with Gasteiger partial charge < -0.3 is 14.8 Å². The Bertz CT molecular complexity index is 728. The van der Waals surface area contributed by atoms with Crippen LogP contribution in [0.2, 0.25) is 0 Å². The van der Waals surface area contributed by atoms with E-state index < -0.39 is 12.4 Å². The third-order valence-corrected chi connectivity index (χ3v) is 4.06. The Morgan fingerprint density at radius 2 is 2.00 bits per heavy atom. The van der Waals surface area contributed by atoms with Gasteiger partial charge in [0, 0.05) is 11.4 Å². The highest BCUT2D eigenvalue weighted by Gasteiger charge is 2.11. The molecule has 134 valence electrons. The molecule has 0 aliphatic rings. The summed E-state index contributed by atoms with van der Waals surface area (Å²) < 4.78 is 47.0. The predicted molar refractivity (Wildman–Crippen MR) is 90.8 cm³/mol. The van der Waals surface area contributed by atoms with E-state index in [0.717, 1.165) is 5.56 Å². The fourth-order valence-corrected chi connectivity index (χ4v) is 2.79. The summed E-state index contributed by atoms with van der Waals surface area (Å²) in [7, 11) is 1.36. The van der Waals surface area contributed by atoms with Crippen molar-refractivity contribution < 1.29 is 27.4 Å². The van der Waals surface area contributed by atoms with Gasteiger partial charge in [-0.15, -0.1) is 11.8 Å². The summed E-state index contributed by atoms with van der Waals surface area (Å²) in [6.07, 6.45) is 0. The van der Waals surface area contributed by atoms with E-state index in [9.17, 15) is 18.0 Å². The van der Waals surface area contributed by atoms with Crippen LogP contribution in [-0.2, 0) is 10.5 Å². The number of hydrogen-bond acceptors (Lipinski definition) is 4. The Morgan fingerprint density at radius 3 is 2.68 bits per heavy atom. The molecule has 0 radical (unpaired) electrons. The first-order chi connectivity index (χ1) is 12.0. The standard InChI is InChI=1S/C17H16F3NO3S/c1-23-15-7-11(5-6-14(15)24-17(19)20)9-25-10-16(22)21-13-4-2-3-12(18)8-13/h2-8,17H,9-10H2,1H3,(H,21,22). The number of nitrogens with one attached hydrogen (secondary N) is 1. The van der Waals surface area contributed by atoms with Crippen LogP contribution in [0.15, 0.2) is 42.5 Å². The lowest BCUT2D eigenvalue weighted by Gasteiger charge is -2.11. The van der Waals surface area contributed by atoms with E-state index in [0.29, 0.717) is 11.4 Å². The molecule has 2 rings (SSSR count). The van der Waals surface area contributed by atoms with Crippen molar-refractivity contribution in [2.75, 3.05) is 18.2 Å². The Kier molecular flexibility index (Phi) is 7.00. The molecule has 0 atom stereocenters. The minimum atomic E-state index is -2.93. The Hall–Kier alpha value is -2.35. The second kappa shape index (κ2) is 9.22. The van der Waals surface area contributed by atoms with Crippen LogP contribution in [-0.4, -0.2) is 25.4 Å². The highest BCUT2D eigenvalue weighted by atomic mass is 32.2. The van der Waals surface area contributed by atoms with Crippen LogP contribution < -0.4 is 14.8 Å². The van der Waals surface area contributed by atoms with Crippen LogP contribution in [0.25, 0.3) is 0 Å². The molecule has 0 fully saturated rings. The highest BCUT2D eigenvalue weighted by Crippen LogP contribution is 2.30. The van der Waals surface area contributed by atoms with Crippen molar-refractivity contribution in [3.05, 3.63) is 53.8 Å². The van der Waals surface area contributed by atoms with Crippen molar-refractivity contribution in [2.45, 2.75) is 12.4 Å². The molecule has 0 aromatic heterocycles. The van der Waals surface area contributed by atoms with Gasteiger partial charge in [0.1, 0.15) is 5.82 Å². The van der Waals surface area contributed by atoms with Gasteiger partial charge in [-0.05, 0) is 35.9 Å². The molecule has 8 heteroatoms. The SMILES string of the molecule is COc1cc(CSCC(=O)Nc2cccc(F)c2)ccc1OC(F)F. The number of halogens is 3. The molecule has 4 nitrogen and oxygen atoms in total.